The van der Waals surface area contributed by atoms with E-state index in [0.717, 1.165) is 6.07 Å². The van der Waals surface area contributed by atoms with E-state index in [2.05, 4.69) is 0 Å². The zero-order valence-electron chi connectivity index (χ0n) is 13.2. The van der Waals surface area contributed by atoms with Crippen LogP contribution in [-0.2, 0) is 9.31 Å². The Kier molecular flexibility index (Phi) is 4.10. The number of methoxy groups -OCH3 is 1. The van der Waals surface area contributed by atoms with E-state index in [1.165, 1.54) is 13.2 Å². The van der Waals surface area contributed by atoms with Gasteiger partial charge in [0.1, 0.15) is 5.82 Å². The molecule has 0 atom stereocenters. The third kappa shape index (κ3) is 2.89. The molecule has 120 valence electrons. The van der Waals surface area contributed by atoms with Gasteiger partial charge in [-0.05, 0) is 33.8 Å². The van der Waals surface area contributed by atoms with Crippen LogP contribution in [0.2, 0.25) is 0 Å². The molecule has 0 aliphatic carbocycles. The monoisotopic (exact) mass is 311 g/mol. The number of benzene rings is 1. The highest BCUT2D eigenvalue weighted by Crippen LogP contribution is 2.38. The maximum Gasteiger partial charge on any atom is 0.498 e. The van der Waals surface area contributed by atoms with Crippen LogP contribution in [0.1, 0.15) is 27.7 Å². The summed E-state index contributed by atoms with van der Waals surface area (Å²) < 4.78 is 35.6. The van der Waals surface area contributed by atoms with E-state index in [4.69, 9.17) is 24.5 Å². The summed E-state index contributed by atoms with van der Waals surface area (Å²) in [7, 11) is 0.515. The normalized spacial score (nSPS) is 19.1. The van der Waals surface area contributed by atoms with E-state index in [0.29, 0.717) is 0 Å². The van der Waals surface area contributed by atoms with E-state index >= 15 is 0 Å². The zero-order chi connectivity index (χ0) is 16.7. The van der Waals surface area contributed by atoms with E-state index in [-0.39, 0.29) is 17.0 Å². The van der Waals surface area contributed by atoms with Gasteiger partial charge in [-0.2, -0.15) is 0 Å². The lowest BCUT2D eigenvalue weighted by molar-refractivity contribution is 0.00578. The molecule has 1 saturated heterocycles. The predicted octanol–water partition coefficient (Wildman–Crippen LogP) is 1.59. The van der Waals surface area contributed by atoms with E-state index < -0.39 is 30.2 Å². The molecule has 22 heavy (non-hydrogen) atoms. The first kappa shape index (κ1) is 16.6. The second kappa shape index (κ2) is 5.44. The summed E-state index contributed by atoms with van der Waals surface area (Å²) >= 11 is 0. The maximum absolute atomic E-state index is 13.8. The molecule has 0 radical (unpaired) electrons. The van der Waals surface area contributed by atoms with Gasteiger partial charge in [-0.1, -0.05) is 0 Å². The molecule has 1 aliphatic rings. The van der Waals surface area contributed by atoms with Gasteiger partial charge >= 0.3 is 13.2 Å². The number of carbonyl (C=O) groups excluding carboxylic acids is 1. The summed E-state index contributed by atoms with van der Waals surface area (Å²) in [5.41, 5.74) is 4.08. The lowest BCUT2D eigenvalue weighted by atomic mass is 9.78. The van der Waals surface area contributed by atoms with Gasteiger partial charge in [-0.3, -0.25) is 0 Å². The first-order valence-electron chi connectivity index (χ1n) is 6.78. The largest absolute Gasteiger partial charge is 0.498 e. The van der Waals surface area contributed by atoms with Gasteiger partial charge in [-0.25, -0.2) is 9.18 Å². The van der Waals surface area contributed by atoms with Crippen LogP contribution in [0.5, 0.6) is 11.5 Å². The Bertz CT molecular complexity index is 589. The van der Waals surface area contributed by atoms with Gasteiger partial charge in [0.2, 0.25) is 0 Å². The highest BCUT2D eigenvalue weighted by molar-refractivity contribution is 6.63. The standard InChI is InChI=1S/C14H19BFNO5/c1-13(2)14(3,4)22-15(21-13)9-6-8(16)7-10(11(9)19-5)20-12(17)18/h6-7H,1-5H3,(H2,17,18). The van der Waals surface area contributed by atoms with Crippen molar-refractivity contribution in [3.8, 4) is 11.5 Å². The van der Waals surface area contributed by atoms with Crippen LogP contribution < -0.4 is 20.7 Å². The van der Waals surface area contributed by atoms with Crippen molar-refractivity contribution >= 4 is 18.7 Å². The average molecular weight is 311 g/mol. The molecule has 0 spiro atoms. The van der Waals surface area contributed by atoms with Crippen molar-refractivity contribution in [2.75, 3.05) is 7.11 Å². The van der Waals surface area contributed by atoms with Gasteiger partial charge in [0.05, 0.1) is 18.3 Å². The SMILES string of the molecule is COc1c(OC(N)=O)cc(F)cc1B1OC(C)(C)C(C)(C)O1. The first-order valence-corrected chi connectivity index (χ1v) is 6.78. The number of nitrogens with two attached hydrogens (primary N) is 1. The van der Waals surface area contributed by atoms with Gasteiger partial charge in [0.25, 0.3) is 0 Å². The number of primary amides is 1. The molecule has 1 aromatic rings. The lowest BCUT2D eigenvalue weighted by Gasteiger charge is -2.32. The Hall–Kier alpha value is -1.80. The molecule has 6 nitrogen and oxygen atoms in total. The van der Waals surface area contributed by atoms with Gasteiger partial charge in [-0.15, -0.1) is 0 Å². The maximum atomic E-state index is 13.8. The van der Waals surface area contributed by atoms with E-state index in [1.807, 2.05) is 27.7 Å². The molecule has 2 N–H and O–H groups in total. The second-order valence-corrected chi connectivity index (χ2v) is 6.04. The fourth-order valence-corrected chi connectivity index (χ4v) is 2.14. The molecule has 1 heterocycles. The molecule has 0 aromatic heterocycles. The topological polar surface area (TPSA) is 80.0 Å². The number of carbonyl (C=O) groups is 1. The minimum absolute atomic E-state index is 0.125. The van der Waals surface area contributed by atoms with Crippen molar-refractivity contribution < 1.29 is 28.0 Å². The Morgan fingerprint density at radius 3 is 2.23 bits per heavy atom. The Morgan fingerprint density at radius 2 is 1.77 bits per heavy atom. The zero-order valence-corrected chi connectivity index (χ0v) is 13.2. The Balaban J connectivity index is 2.48. The second-order valence-electron chi connectivity index (χ2n) is 6.04. The highest BCUT2D eigenvalue weighted by atomic mass is 19.1. The van der Waals surface area contributed by atoms with Crippen molar-refractivity contribution in [1.29, 1.82) is 0 Å². The first-order chi connectivity index (χ1) is 10.1. The molecule has 1 amide bonds. The molecule has 1 fully saturated rings. The van der Waals surface area contributed by atoms with Crippen LogP contribution in [0, 0.1) is 5.82 Å². The Morgan fingerprint density at radius 1 is 1.23 bits per heavy atom. The van der Waals surface area contributed by atoms with E-state index in [1.54, 1.807) is 0 Å². The Labute approximate surface area is 128 Å². The van der Waals surface area contributed by atoms with Crippen LogP contribution in [0.15, 0.2) is 12.1 Å². The quantitative estimate of drug-likeness (QED) is 0.858. The number of ether oxygens (including phenoxy) is 2. The van der Waals surface area contributed by atoms with Crippen molar-refractivity contribution in [2.24, 2.45) is 5.73 Å². The number of halogens is 1. The molecule has 0 bridgehead atoms. The predicted molar refractivity (Wildman–Crippen MR) is 78.9 cm³/mol. The van der Waals surface area contributed by atoms with Crippen LogP contribution in [0.25, 0.3) is 0 Å². The summed E-state index contributed by atoms with van der Waals surface area (Å²) in [4.78, 5) is 10.9. The van der Waals surface area contributed by atoms with Crippen LogP contribution in [-0.4, -0.2) is 31.5 Å². The van der Waals surface area contributed by atoms with Crippen molar-refractivity contribution in [1.82, 2.24) is 0 Å². The molecular formula is C14H19BFNO5. The summed E-state index contributed by atoms with van der Waals surface area (Å²) in [5.74, 6) is -0.611. The summed E-state index contributed by atoms with van der Waals surface area (Å²) in [6.45, 7) is 7.50. The smallest absolute Gasteiger partial charge is 0.493 e. The number of rotatable bonds is 3. The molecule has 8 heteroatoms. The van der Waals surface area contributed by atoms with Gasteiger partial charge in [0.15, 0.2) is 11.5 Å². The molecule has 1 aliphatic heterocycles. The summed E-state index contributed by atoms with van der Waals surface area (Å²) in [5, 5.41) is 0. The molecule has 2 rings (SSSR count). The molecular weight excluding hydrogens is 292 g/mol. The molecule has 1 aromatic carbocycles. The fraction of sp³-hybridized carbons (Fsp3) is 0.500. The molecule has 0 unspecified atom stereocenters. The van der Waals surface area contributed by atoms with E-state index in [9.17, 15) is 9.18 Å². The lowest BCUT2D eigenvalue weighted by Crippen LogP contribution is -2.41. The van der Waals surface area contributed by atoms with Crippen LogP contribution in [0.4, 0.5) is 9.18 Å². The van der Waals surface area contributed by atoms with Crippen LogP contribution >= 0.6 is 0 Å². The summed E-state index contributed by atoms with van der Waals surface area (Å²) in [6, 6.07) is 2.23. The van der Waals surface area contributed by atoms with Crippen molar-refractivity contribution in [3.05, 3.63) is 17.9 Å². The third-order valence-electron chi connectivity index (χ3n) is 3.97. The summed E-state index contributed by atoms with van der Waals surface area (Å²) in [6.07, 6.45) is -1.07. The van der Waals surface area contributed by atoms with Gasteiger partial charge < -0.3 is 24.5 Å². The van der Waals surface area contributed by atoms with Gasteiger partial charge in [0, 0.05) is 11.5 Å². The third-order valence-corrected chi connectivity index (χ3v) is 3.97. The van der Waals surface area contributed by atoms with Crippen molar-refractivity contribution in [2.45, 2.75) is 38.9 Å². The fourth-order valence-electron chi connectivity index (χ4n) is 2.14. The number of hydrogen-bond acceptors (Lipinski definition) is 5. The average Bonchev–Trinajstić information content (AvgIpc) is 2.57. The van der Waals surface area contributed by atoms with Crippen molar-refractivity contribution in [3.63, 3.8) is 0 Å². The van der Waals surface area contributed by atoms with Crippen LogP contribution in [0.3, 0.4) is 0 Å². The molecule has 0 saturated carbocycles. The minimum Gasteiger partial charge on any atom is -0.493 e. The number of amides is 1. The minimum atomic E-state index is -1.07. The number of hydrogen-bond donors (Lipinski definition) is 1. The highest BCUT2D eigenvalue weighted by Gasteiger charge is 2.52.